The van der Waals surface area contributed by atoms with Crippen molar-refractivity contribution < 1.29 is 4.74 Å². The standard InChI is InChI=1S/C11H15N5O/c1-2-12-11-15-9-8(13-6-14-9)10(16-11)17-5-7-3-4-7/h6-7H,2-5H2,1H3,(H2,12,13,14,15,16). The molecule has 0 saturated heterocycles. The van der Waals surface area contributed by atoms with E-state index >= 15 is 0 Å². The van der Waals surface area contributed by atoms with E-state index < -0.39 is 0 Å². The monoisotopic (exact) mass is 233 g/mol. The van der Waals surface area contributed by atoms with Crippen molar-refractivity contribution >= 4 is 17.1 Å². The molecule has 6 nitrogen and oxygen atoms in total. The Bertz CT molecular complexity index is 520. The van der Waals surface area contributed by atoms with Gasteiger partial charge in [0, 0.05) is 6.54 Å². The molecule has 0 atom stereocenters. The second kappa shape index (κ2) is 4.20. The van der Waals surface area contributed by atoms with Crippen LogP contribution in [0.5, 0.6) is 5.88 Å². The summed E-state index contributed by atoms with van der Waals surface area (Å²) in [5.41, 5.74) is 1.41. The molecule has 90 valence electrons. The maximum Gasteiger partial charge on any atom is 0.245 e. The molecule has 0 unspecified atom stereocenters. The van der Waals surface area contributed by atoms with Crippen LogP contribution in [-0.2, 0) is 0 Å². The number of ether oxygens (including phenoxy) is 1. The van der Waals surface area contributed by atoms with Crippen molar-refractivity contribution in [2.45, 2.75) is 19.8 Å². The number of aromatic nitrogens is 4. The summed E-state index contributed by atoms with van der Waals surface area (Å²) >= 11 is 0. The summed E-state index contributed by atoms with van der Waals surface area (Å²) in [5, 5.41) is 3.08. The van der Waals surface area contributed by atoms with Crippen molar-refractivity contribution in [1.29, 1.82) is 0 Å². The summed E-state index contributed by atoms with van der Waals surface area (Å²) in [6, 6.07) is 0. The van der Waals surface area contributed by atoms with Crippen molar-refractivity contribution in [3.63, 3.8) is 0 Å². The SMILES string of the molecule is CCNc1nc(OCC2CC2)c2[nH]cnc2n1. The average molecular weight is 233 g/mol. The molecule has 2 aromatic rings. The average Bonchev–Trinajstić information content (AvgIpc) is 3.03. The van der Waals surface area contributed by atoms with E-state index in [1.165, 1.54) is 12.8 Å². The van der Waals surface area contributed by atoms with Crippen LogP contribution in [0.3, 0.4) is 0 Å². The molecule has 2 heterocycles. The number of anilines is 1. The van der Waals surface area contributed by atoms with Crippen molar-refractivity contribution in [2.75, 3.05) is 18.5 Å². The third-order valence-electron chi connectivity index (χ3n) is 2.74. The highest BCUT2D eigenvalue weighted by Gasteiger charge is 2.23. The lowest BCUT2D eigenvalue weighted by molar-refractivity contribution is 0.292. The first-order chi connectivity index (χ1) is 8.36. The molecule has 6 heteroatoms. The van der Waals surface area contributed by atoms with Crippen LogP contribution in [0.25, 0.3) is 11.2 Å². The Balaban J connectivity index is 1.90. The number of nitrogens with one attached hydrogen (secondary N) is 2. The smallest absolute Gasteiger partial charge is 0.245 e. The van der Waals surface area contributed by atoms with Gasteiger partial charge < -0.3 is 15.0 Å². The Kier molecular flexibility index (Phi) is 2.55. The quantitative estimate of drug-likeness (QED) is 0.819. The highest BCUT2D eigenvalue weighted by molar-refractivity contribution is 5.76. The summed E-state index contributed by atoms with van der Waals surface area (Å²) in [6.45, 7) is 3.51. The Labute approximate surface area is 98.8 Å². The third-order valence-corrected chi connectivity index (χ3v) is 2.74. The molecule has 1 saturated carbocycles. The van der Waals surface area contributed by atoms with Gasteiger partial charge in [0.1, 0.15) is 5.52 Å². The normalized spacial score (nSPS) is 15.1. The van der Waals surface area contributed by atoms with E-state index in [2.05, 4.69) is 25.3 Å². The number of nitrogens with zero attached hydrogens (tertiary/aromatic N) is 3. The molecule has 0 bridgehead atoms. The molecule has 17 heavy (non-hydrogen) atoms. The summed E-state index contributed by atoms with van der Waals surface area (Å²) in [4.78, 5) is 15.8. The Morgan fingerprint density at radius 2 is 2.35 bits per heavy atom. The second-order valence-corrected chi connectivity index (χ2v) is 4.24. The summed E-state index contributed by atoms with van der Waals surface area (Å²) in [5.74, 6) is 1.86. The van der Waals surface area contributed by atoms with Gasteiger partial charge in [-0.15, -0.1) is 0 Å². The zero-order valence-corrected chi connectivity index (χ0v) is 9.73. The van der Waals surface area contributed by atoms with E-state index in [4.69, 9.17) is 4.74 Å². The summed E-state index contributed by atoms with van der Waals surface area (Å²) in [7, 11) is 0. The van der Waals surface area contributed by atoms with Crippen LogP contribution < -0.4 is 10.1 Å². The van der Waals surface area contributed by atoms with Gasteiger partial charge in [-0.05, 0) is 25.7 Å². The number of hydrogen-bond donors (Lipinski definition) is 2. The predicted octanol–water partition coefficient (Wildman–Crippen LogP) is 1.57. The van der Waals surface area contributed by atoms with E-state index in [0.717, 1.165) is 18.7 Å². The Morgan fingerprint density at radius 1 is 1.47 bits per heavy atom. The fourth-order valence-electron chi connectivity index (χ4n) is 1.63. The van der Waals surface area contributed by atoms with Crippen LogP contribution in [0, 0.1) is 5.92 Å². The molecule has 1 fully saturated rings. The molecule has 0 radical (unpaired) electrons. The number of H-pyrrole nitrogens is 1. The lowest BCUT2D eigenvalue weighted by Crippen LogP contribution is -2.06. The molecule has 2 aromatic heterocycles. The first-order valence-corrected chi connectivity index (χ1v) is 5.94. The summed E-state index contributed by atoms with van der Waals surface area (Å²) in [6.07, 6.45) is 4.13. The minimum Gasteiger partial charge on any atom is -0.476 e. The van der Waals surface area contributed by atoms with Crippen LogP contribution in [0.4, 0.5) is 5.95 Å². The van der Waals surface area contributed by atoms with E-state index in [9.17, 15) is 0 Å². The number of fused-ring (bicyclic) bond motifs is 1. The van der Waals surface area contributed by atoms with Gasteiger partial charge in [-0.3, -0.25) is 0 Å². The maximum absolute atomic E-state index is 5.73. The number of hydrogen-bond acceptors (Lipinski definition) is 5. The molecule has 0 spiro atoms. The fraction of sp³-hybridized carbons (Fsp3) is 0.545. The molecule has 0 amide bonds. The van der Waals surface area contributed by atoms with Gasteiger partial charge in [0.05, 0.1) is 12.9 Å². The molecule has 0 aliphatic heterocycles. The van der Waals surface area contributed by atoms with Crippen LogP contribution in [0.1, 0.15) is 19.8 Å². The van der Waals surface area contributed by atoms with Gasteiger partial charge in [0.15, 0.2) is 5.65 Å². The predicted molar refractivity (Wildman–Crippen MR) is 64.1 cm³/mol. The molecular formula is C11H15N5O. The topological polar surface area (TPSA) is 75.7 Å². The Hall–Kier alpha value is -1.85. The lowest BCUT2D eigenvalue weighted by atomic mass is 10.4. The van der Waals surface area contributed by atoms with E-state index in [0.29, 0.717) is 23.4 Å². The van der Waals surface area contributed by atoms with Gasteiger partial charge in [-0.1, -0.05) is 0 Å². The van der Waals surface area contributed by atoms with Gasteiger partial charge >= 0.3 is 0 Å². The van der Waals surface area contributed by atoms with Crippen molar-refractivity contribution in [3.8, 4) is 5.88 Å². The zero-order chi connectivity index (χ0) is 11.7. The van der Waals surface area contributed by atoms with E-state index in [1.54, 1.807) is 6.33 Å². The van der Waals surface area contributed by atoms with Crippen LogP contribution >= 0.6 is 0 Å². The van der Waals surface area contributed by atoms with Gasteiger partial charge in [0.2, 0.25) is 11.8 Å². The van der Waals surface area contributed by atoms with Gasteiger partial charge in [-0.25, -0.2) is 4.98 Å². The van der Waals surface area contributed by atoms with Crippen LogP contribution in [0.2, 0.25) is 0 Å². The minimum atomic E-state index is 0.567. The highest BCUT2D eigenvalue weighted by Crippen LogP contribution is 2.30. The maximum atomic E-state index is 5.73. The summed E-state index contributed by atoms with van der Waals surface area (Å²) < 4.78 is 5.73. The van der Waals surface area contributed by atoms with Crippen LogP contribution in [0.15, 0.2) is 6.33 Å². The first kappa shape index (κ1) is 10.3. The van der Waals surface area contributed by atoms with Crippen molar-refractivity contribution in [2.24, 2.45) is 5.92 Å². The fourth-order valence-corrected chi connectivity index (χ4v) is 1.63. The van der Waals surface area contributed by atoms with Crippen molar-refractivity contribution in [3.05, 3.63) is 6.33 Å². The molecular weight excluding hydrogens is 218 g/mol. The number of imidazole rings is 1. The molecule has 3 rings (SSSR count). The van der Waals surface area contributed by atoms with E-state index in [1.807, 2.05) is 6.92 Å². The van der Waals surface area contributed by atoms with Crippen LogP contribution in [-0.4, -0.2) is 33.1 Å². The molecule has 1 aliphatic rings. The Morgan fingerprint density at radius 3 is 3.12 bits per heavy atom. The highest BCUT2D eigenvalue weighted by atomic mass is 16.5. The lowest BCUT2D eigenvalue weighted by Gasteiger charge is -2.07. The molecule has 1 aliphatic carbocycles. The molecule has 0 aromatic carbocycles. The van der Waals surface area contributed by atoms with Gasteiger partial charge in [-0.2, -0.15) is 9.97 Å². The van der Waals surface area contributed by atoms with Gasteiger partial charge in [0.25, 0.3) is 0 Å². The number of aromatic amines is 1. The number of rotatable bonds is 5. The second-order valence-electron chi connectivity index (χ2n) is 4.24. The largest absolute Gasteiger partial charge is 0.476 e. The molecule has 2 N–H and O–H groups in total. The third kappa shape index (κ3) is 2.15. The minimum absolute atomic E-state index is 0.567. The van der Waals surface area contributed by atoms with Crippen molar-refractivity contribution in [1.82, 2.24) is 19.9 Å². The zero-order valence-electron chi connectivity index (χ0n) is 9.73. The van der Waals surface area contributed by atoms with E-state index in [-0.39, 0.29) is 0 Å². The first-order valence-electron chi connectivity index (χ1n) is 5.94.